The van der Waals surface area contributed by atoms with Crippen LogP contribution in [0.2, 0.25) is 0 Å². The number of hydrogen-bond donors (Lipinski definition) is 0. The Morgan fingerprint density at radius 1 is 0.750 bits per heavy atom. The first-order valence-electron chi connectivity index (χ1n) is 10.6. The number of alkyl halides is 2. The van der Waals surface area contributed by atoms with Gasteiger partial charge in [0, 0.05) is 6.61 Å². The molecule has 1 nitrogen and oxygen atoms in total. The molecule has 0 amide bonds. The van der Waals surface area contributed by atoms with E-state index in [-0.39, 0.29) is 23.9 Å². The van der Waals surface area contributed by atoms with Crippen LogP contribution < -0.4 is 0 Å². The highest BCUT2D eigenvalue weighted by molar-refractivity contribution is 5.00. The van der Waals surface area contributed by atoms with Gasteiger partial charge in [0.1, 0.15) is 12.3 Å². The molecular formula is C21H36F2O. The van der Waals surface area contributed by atoms with Gasteiger partial charge in [0.25, 0.3) is 0 Å². The summed E-state index contributed by atoms with van der Waals surface area (Å²) in [6, 6.07) is 0. The monoisotopic (exact) mass is 342 g/mol. The maximum absolute atomic E-state index is 15.0. The topological polar surface area (TPSA) is 9.23 Å². The maximum atomic E-state index is 15.0. The largest absolute Gasteiger partial charge is 0.375 e. The Balaban J connectivity index is 1.61. The van der Waals surface area contributed by atoms with Crippen LogP contribution in [0.25, 0.3) is 0 Å². The van der Waals surface area contributed by atoms with Gasteiger partial charge >= 0.3 is 0 Å². The van der Waals surface area contributed by atoms with Gasteiger partial charge in [-0.15, -0.1) is 0 Å². The van der Waals surface area contributed by atoms with Gasteiger partial charge < -0.3 is 4.74 Å². The second-order valence-corrected chi connectivity index (χ2v) is 8.59. The lowest BCUT2D eigenvalue weighted by Gasteiger charge is -2.52. The minimum atomic E-state index is -0.826. The van der Waals surface area contributed by atoms with Crippen LogP contribution in [0.1, 0.15) is 78.1 Å². The summed E-state index contributed by atoms with van der Waals surface area (Å²) in [5, 5.41) is 0. The number of hydrogen-bond acceptors (Lipinski definition) is 1. The van der Waals surface area contributed by atoms with Crippen molar-refractivity contribution in [3.8, 4) is 0 Å². The fourth-order valence-corrected chi connectivity index (χ4v) is 6.03. The molecule has 0 saturated heterocycles. The third-order valence-corrected chi connectivity index (χ3v) is 7.25. The lowest BCUT2D eigenvalue weighted by molar-refractivity contribution is -0.117. The van der Waals surface area contributed by atoms with E-state index < -0.39 is 12.3 Å². The average molecular weight is 343 g/mol. The zero-order valence-corrected chi connectivity index (χ0v) is 15.6. The Morgan fingerprint density at radius 3 is 2.04 bits per heavy atom. The number of rotatable bonds is 6. The van der Waals surface area contributed by atoms with Crippen molar-refractivity contribution in [3.05, 3.63) is 0 Å². The van der Waals surface area contributed by atoms with Crippen LogP contribution in [0.4, 0.5) is 8.78 Å². The van der Waals surface area contributed by atoms with Gasteiger partial charge in [0.2, 0.25) is 0 Å². The predicted molar refractivity (Wildman–Crippen MR) is 94.5 cm³/mol. The Labute approximate surface area is 146 Å². The van der Waals surface area contributed by atoms with Crippen LogP contribution in [0, 0.1) is 29.6 Å². The molecule has 0 radical (unpaired) electrons. The molecule has 0 aromatic carbocycles. The molecule has 0 spiro atoms. The highest BCUT2D eigenvalue weighted by atomic mass is 19.1. The zero-order valence-electron chi connectivity index (χ0n) is 15.6. The molecule has 0 aliphatic heterocycles. The molecule has 0 N–H and O–H groups in total. The van der Waals surface area contributed by atoms with Crippen LogP contribution in [-0.2, 0) is 4.74 Å². The predicted octanol–water partition coefficient (Wildman–Crippen LogP) is 6.11. The molecule has 140 valence electrons. The summed E-state index contributed by atoms with van der Waals surface area (Å²) in [5.41, 5.74) is 0. The second kappa shape index (κ2) is 8.47. The normalized spacial score (nSPS) is 45.5. The van der Waals surface area contributed by atoms with Crippen molar-refractivity contribution >= 4 is 0 Å². The molecule has 3 aliphatic carbocycles. The number of unbranched alkanes of at least 4 members (excludes halogenated alkanes) is 1. The molecule has 3 heteroatoms. The summed E-state index contributed by atoms with van der Waals surface area (Å²) in [4.78, 5) is 0. The minimum Gasteiger partial charge on any atom is -0.375 e. The van der Waals surface area contributed by atoms with Crippen LogP contribution in [0.5, 0.6) is 0 Å². The molecule has 3 fully saturated rings. The summed E-state index contributed by atoms with van der Waals surface area (Å²) in [5.74, 6) is 1.44. The van der Waals surface area contributed by atoms with Gasteiger partial charge in [-0.3, -0.25) is 0 Å². The summed E-state index contributed by atoms with van der Waals surface area (Å²) >= 11 is 0. The molecular weight excluding hydrogens is 306 g/mol. The van der Waals surface area contributed by atoms with Crippen LogP contribution >= 0.6 is 0 Å². The zero-order chi connectivity index (χ0) is 17.1. The Hall–Kier alpha value is -0.180. The Morgan fingerprint density at radius 2 is 1.38 bits per heavy atom. The van der Waals surface area contributed by atoms with Crippen molar-refractivity contribution in [2.24, 2.45) is 29.6 Å². The van der Waals surface area contributed by atoms with Crippen molar-refractivity contribution in [1.82, 2.24) is 0 Å². The first-order chi connectivity index (χ1) is 11.7. The molecule has 0 bridgehead atoms. The highest BCUT2D eigenvalue weighted by Gasteiger charge is 2.52. The van der Waals surface area contributed by atoms with Gasteiger partial charge in [-0.05, 0) is 81.0 Å². The van der Waals surface area contributed by atoms with Crippen LogP contribution in [0.15, 0.2) is 0 Å². The molecule has 3 rings (SSSR count). The van der Waals surface area contributed by atoms with E-state index in [0.717, 1.165) is 64.2 Å². The first kappa shape index (κ1) is 18.6. The molecule has 24 heavy (non-hydrogen) atoms. The smallest absolute Gasteiger partial charge is 0.129 e. The fourth-order valence-electron chi connectivity index (χ4n) is 6.03. The van der Waals surface area contributed by atoms with Gasteiger partial charge in [0.15, 0.2) is 0 Å². The molecule has 3 saturated carbocycles. The third kappa shape index (κ3) is 3.66. The van der Waals surface area contributed by atoms with Gasteiger partial charge in [-0.2, -0.15) is 0 Å². The number of halogens is 2. The highest BCUT2D eigenvalue weighted by Crippen LogP contribution is 2.54. The summed E-state index contributed by atoms with van der Waals surface area (Å²) in [7, 11) is 0. The number of ether oxygens (including phenoxy) is 1. The molecule has 3 aliphatic rings. The molecule has 8 unspecified atom stereocenters. The average Bonchev–Trinajstić information content (AvgIpc) is 2.59. The van der Waals surface area contributed by atoms with Gasteiger partial charge in [0.05, 0.1) is 6.10 Å². The molecule has 0 aromatic rings. The van der Waals surface area contributed by atoms with E-state index in [1.807, 2.05) is 0 Å². The SMILES string of the molecule is CCCCOC1CCC2C(CCC3C(F)C(CCC)CCC32)C1F. The van der Waals surface area contributed by atoms with Gasteiger partial charge in [-0.25, -0.2) is 8.78 Å². The number of fused-ring (bicyclic) bond motifs is 3. The standard InChI is InChI=1S/C21H36F2O/c1-3-5-13-24-19-12-11-16-15-8-7-14(6-4-2)20(22)17(15)9-10-18(16)21(19)23/h14-21H,3-13H2,1-2H3. The van der Waals surface area contributed by atoms with Crippen molar-refractivity contribution in [1.29, 1.82) is 0 Å². The molecule has 0 heterocycles. The Bertz CT molecular complexity index is 388. The van der Waals surface area contributed by atoms with Crippen LogP contribution in [0.3, 0.4) is 0 Å². The van der Waals surface area contributed by atoms with E-state index in [1.54, 1.807) is 0 Å². The van der Waals surface area contributed by atoms with E-state index in [9.17, 15) is 4.39 Å². The third-order valence-electron chi connectivity index (χ3n) is 7.25. The quantitative estimate of drug-likeness (QED) is 0.529. The minimum absolute atomic E-state index is 0.126. The van der Waals surface area contributed by atoms with Crippen LogP contribution in [-0.4, -0.2) is 25.1 Å². The molecule has 8 atom stereocenters. The second-order valence-electron chi connectivity index (χ2n) is 8.59. The van der Waals surface area contributed by atoms with E-state index in [1.165, 1.54) is 0 Å². The first-order valence-corrected chi connectivity index (χ1v) is 10.6. The molecule has 0 aromatic heterocycles. The van der Waals surface area contributed by atoms with E-state index in [2.05, 4.69) is 13.8 Å². The fraction of sp³-hybridized carbons (Fsp3) is 1.00. The van der Waals surface area contributed by atoms with Crippen molar-refractivity contribution in [2.75, 3.05) is 6.61 Å². The maximum Gasteiger partial charge on any atom is 0.129 e. The van der Waals surface area contributed by atoms with E-state index in [4.69, 9.17) is 4.74 Å². The van der Waals surface area contributed by atoms with Crippen molar-refractivity contribution < 1.29 is 13.5 Å². The Kier molecular flexibility index (Phi) is 6.56. The van der Waals surface area contributed by atoms with Gasteiger partial charge in [-0.1, -0.05) is 26.7 Å². The summed E-state index contributed by atoms with van der Waals surface area (Å²) in [6.45, 7) is 4.98. The van der Waals surface area contributed by atoms with E-state index in [0.29, 0.717) is 18.4 Å². The van der Waals surface area contributed by atoms with E-state index >= 15 is 4.39 Å². The van der Waals surface area contributed by atoms with Crippen molar-refractivity contribution in [3.63, 3.8) is 0 Å². The lowest BCUT2D eigenvalue weighted by atomic mass is 9.55. The lowest BCUT2D eigenvalue weighted by Crippen LogP contribution is -2.51. The van der Waals surface area contributed by atoms with Crippen molar-refractivity contribution in [2.45, 2.75) is 96.5 Å². The summed E-state index contributed by atoms with van der Waals surface area (Å²) in [6.07, 6.45) is 8.36. The summed E-state index contributed by atoms with van der Waals surface area (Å²) < 4.78 is 35.9.